The monoisotopic (exact) mass is 198 g/mol. The summed E-state index contributed by atoms with van der Waals surface area (Å²) in [5.41, 5.74) is 0. The molecule has 0 aliphatic heterocycles. The summed E-state index contributed by atoms with van der Waals surface area (Å²) < 4.78 is 30.4. The number of esters is 1. The van der Waals surface area contributed by atoms with Crippen LogP contribution in [0.25, 0.3) is 0 Å². The van der Waals surface area contributed by atoms with Crippen LogP contribution in [0.5, 0.6) is 5.75 Å². The number of carbonyl (C=O) groups excluding carboxylic acids is 1. The molecule has 0 atom stereocenters. The SMILES string of the molecule is O=C(Oc1cccc(F)c1F)C1CC1. The van der Waals surface area contributed by atoms with E-state index in [0.717, 1.165) is 18.9 Å². The van der Waals surface area contributed by atoms with Crippen LogP contribution >= 0.6 is 0 Å². The van der Waals surface area contributed by atoms with Crippen molar-refractivity contribution in [2.75, 3.05) is 0 Å². The summed E-state index contributed by atoms with van der Waals surface area (Å²) in [4.78, 5) is 11.1. The second-order valence-electron chi connectivity index (χ2n) is 3.25. The van der Waals surface area contributed by atoms with Crippen molar-refractivity contribution in [3.05, 3.63) is 29.8 Å². The smallest absolute Gasteiger partial charge is 0.314 e. The minimum Gasteiger partial charge on any atom is -0.423 e. The molecule has 14 heavy (non-hydrogen) atoms. The van der Waals surface area contributed by atoms with Gasteiger partial charge in [0.15, 0.2) is 11.6 Å². The molecule has 0 heterocycles. The fraction of sp³-hybridized carbons (Fsp3) is 0.300. The highest BCUT2D eigenvalue weighted by Crippen LogP contribution is 2.31. The van der Waals surface area contributed by atoms with Crippen molar-refractivity contribution < 1.29 is 18.3 Å². The van der Waals surface area contributed by atoms with Gasteiger partial charge in [-0.2, -0.15) is 4.39 Å². The zero-order valence-electron chi connectivity index (χ0n) is 7.30. The Morgan fingerprint density at radius 2 is 2.07 bits per heavy atom. The van der Waals surface area contributed by atoms with Gasteiger partial charge in [-0.1, -0.05) is 6.07 Å². The van der Waals surface area contributed by atoms with Gasteiger partial charge < -0.3 is 4.74 Å². The van der Waals surface area contributed by atoms with Crippen molar-refractivity contribution in [1.82, 2.24) is 0 Å². The van der Waals surface area contributed by atoms with Crippen LogP contribution in [-0.4, -0.2) is 5.97 Å². The number of rotatable bonds is 2. The Morgan fingerprint density at radius 3 is 2.71 bits per heavy atom. The Bertz CT molecular complexity index is 372. The molecular weight excluding hydrogens is 190 g/mol. The van der Waals surface area contributed by atoms with Crippen LogP contribution in [0.2, 0.25) is 0 Å². The standard InChI is InChI=1S/C10H8F2O2/c11-7-2-1-3-8(9(7)12)14-10(13)6-4-5-6/h1-3,6H,4-5H2. The first kappa shape index (κ1) is 9.12. The number of hydrogen-bond acceptors (Lipinski definition) is 2. The molecule has 1 aromatic rings. The minimum atomic E-state index is -1.11. The summed E-state index contributed by atoms with van der Waals surface area (Å²) in [5.74, 6) is -3.05. The van der Waals surface area contributed by atoms with Crippen molar-refractivity contribution in [1.29, 1.82) is 0 Å². The number of benzene rings is 1. The Labute approximate surface area is 79.5 Å². The van der Waals surface area contributed by atoms with Crippen LogP contribution in [-0.2, 0) is 4.79 Å². The largest absolute Gasteiger partial charge is 0.423 e. The summed E-state index contributed by atoms with van der Waals surface area (Å²) in [6, 6.07) is 3.51. The summed E-state index contributed by atoms with van der Waals surface area (Å²) in [6.45, 7) is 0. The maximum absolute atomic E-state index is 13.0. The fourth-order valence-corrected chi connectivity index (χ4v) is 1.07. The van der Waals surface area contributed by atoms with Gasteiger partial charge in [0, 0.05) is 0 Å². The molecule has 74 valence electrons. The molecule has 2 nitrogen and oxygen atoms in total. The normalized spacial score (nSPS) is 15.3. The molecule has 1 fully saturated rings. The van der Waals surface area contributed by atoms with Crippen molar-refractivity contribution in [3.8, 4) is 5.75 Å². The molecule has 0 unspecified atom stereocenters. The van der Waals surface area contributed by atoms with Gasteiger partial charge in [0.05, 0.1) is 5.92 Å². The average molecular weight is 198 g/mol. The van der Waals surface area contributed by atoms with Crippen molar-refractivity contribution in [2.24, 2.45) is 5.92 Å². The average Bonchev–Trinajstić information content (AvgIpc) is 2.95. The number of halogens is 2. The first-order valence-electron chi connectivity index (χ1n) is 4.34. The molecular formula is C10H8F2O2. The molecule has 0 spiro atoms. The third-order valence-electron chi connectivity index (χ3n) is 2.04. The van der Waals surface area contributed by atoms with E-state index in [4.69, 9.17) is 4.74 Å². The lowest BCUT2D eigenvalue weighted by Crippen LogP contribution is -2.11. The highest BCUT2D eigenvalue weighted by Gasteiger charge is 2.32. The van der Waals surface area contributed by atoms with Gasteiger partial charge in [-0.25, -0.2) is 4.39 Å². The van der Waals surface area contributed by atoms with E-state index in [-0.39, 0.29) is 11.7 Å². The zero-order valence-corrected chi connectivity index (χ0v) is 7.30. The Hall–Kier alpha value is -1.45. The molecule has 0 N–H and O–H groups in total. The van der Waals surface area contributed by atoms with Crippen molar-refractivity contribution in [3.63, 3.8) is 0 Å². The summed E-state index contributed by atoms with van der Waals surface area (Å²) in [6.07, 6.45) is 1.55. The van der Waals surface area contributed by atoms with E-state index < -0.39 is 17.6 Å². The molecule has 1 aromatic carbocycles. The third-order valence-corrected chi connectivity index (χ3v) is 2.04. The van der Waals surface area contributed by atoms with Gasteiger partial charge in [-0.15, -0.1) is 0 Å². The Balaban J connectivity index is 2.15. The number of ether oxygens (including phenoxy) is 1. The first-order valence-corrected chi connectivity index (χ1v) is 4.34. The van der Waals surface area contributed by atoms with Gasteiger partial charge in [0.25, 0.3) is 0 Å². The van der Waals surface area contributed by atoms with Crippen LogP contribution in [0, 0.1) is 17.6 Å². The predicted molar refractivity (Wildman–Crippen MR) is 44.7 cm³/mol. The third kappa shape index (κ3) is 1.73. The molecule has 0 bridgehead atoms. The molecule has 0 aromatic heterocycles. The van der Waals surface area contributed by atoms with E-state index in [1.807, 2.05) is 0 Å². The Kier molecular flexibility index (Phi) is 2.19. The molecule has 1 aliphatic rings. The molecule has 0 amide bonds. The van der Waals surface area contributed by atoms with E-state index >= 15 is 0 Å². The second-order valence-corrected chi connectivity index (χ2v) is 3.25. The molecule has 0 saturated heterocycles. The van der Waals surface area contributed by atoms with Crippen molar-refractivity contribution in [2.45, 2.75) is 12.8 Å². The number of carbonyl (C=O) groups is 1. The van der Waals surface area contributed by atoms with E-state index in [2.05, 4.69) is 0 Å². The highest BCUT2D eigenvalue weighted by atomic mass is 19.2. The first-order chi connectivity index (χ1) is 6.68. The van der Waals surface area contributed by atoms with Crippen LogP contribution in [0.15, 0.2) is 18.2 Å². The van der Waals surface area contributed by atoms with E-state index in [0.29, 0.717) is 0 Å². The van der Waals surface area contributed by atoms with Crippen LogP contribution in [0.4, 0.5) is 8.78 Å². The maximum atomic E-state index is 13.0. The van der Waals surface area contributed by atoms with E-state index in [1.165, 1.54) is 12.1 Å². The minimum absolute atomic E-state index is 0.127. The molecule has 0 radical (unpaired) electrons. The quantitative estimate of drug-likeness (QED) is 0.538. The van der Waals surface area contributed by atoms with Gasteiger partial charge in [0.2, 0.25) is 5.82 Å². The maximum Gasteiger partial charge on any atom is 0.314 e. The van der Waals surface area contributed by atoms with Crippen molar-refractivity contribution >= 4 is 5.97 Å². The zero-order chi connectivity index (χ0) is 10.1. The van der Waals surface area contributed by atoms with E-state index in [1.54, 1.807) is 0 Å². The Morgan fingerprint density at radius 1 is 1.36 bits per heavy atom. The molecule has 2 rings (SSSR count). The molecule has 4 heteroatoms. The summed E-state index contributed by atoms with van der Waals surface area (Å²) in [7, 11) is 0. The predicted octanol–water partition coefficient (Wildman–Crippen LogP) is 2.28. The van der Waals surface area contributed by atoms with Crippen LogP contribution < -0.4 is 4.74 Å². The second kappa shape index (κ2) is 3.36. The lowest BCUT2D eigenvalue weighted by Gasteiger charge is -2.04. The molecule has 1 saturated carbocycles. The summed E-state index contributed by atoms with van der Waals surface area (Å²) >= 11 is 0. The highest BCUT2D eigenvalue weighted by molar-refractivity contribution is 5.77. The van der Waals surface area contributed by atoms with Gasteiger partial charge >= 0.3 is 5.97 Å². The van der Waals surface area contributed by atoms with E-state index in [9.17, 15) is 13.6 Å². The van der Waals surface area contributed by atoms with Crippen LogP contribution in [0.1, 0.15) is 12.8 Å². The van der Waals surface area contributed by atoms with Gasteiger partial charge in [-0.3, -0.25) is 4.79 Å². The topological polar surface area (TPSA) is 26.3 Å². The number of hydrogen-bond donors (Lipinski definition) is 0. The fourth-order valence-electron chi connectivity index (χ4n) is 1.07. The summed E-state index contributed by atoms with van der Waals surface area (Å²) in [5, 5.41) is 0. The molecule has 1 aliphatic carbocycles. The lowest BCUT2D eigenvalue weighted by atomic mass is 10.3. The van der Waals surface area contributed by atoms with Gasteiger partial charge in [-0.05, 0) is 25.0 Å². The lowest BCUT2D eigenvalue weighted by molar-refractivity contribution is -0.136. The van der Waals surface area contributed by atoms with Crippen LogP contribution in [0.3, 0.4) is 0 Å². The van der Waals surface area contributed by atoms with Gasteiger partial charge in [0.1, 0.15) is 0 Å².